The molecule has 1 aliphatic carbocycles. The molecule has 1 saturated carbocycles. The van der Waals surface area contributed by atoms with Crippen LogP contribution in [0.15, 0.2) is 36.4 Å². The molecule has 1 fully saturated rings. The molecular weight excluding hydrogens is 501 g/mol. The van der Waals surface area contributed by atoms with Crippen LogP contribution in [0.25, 0.3) is 0 Å². The highest BCUT2D eigenvalue weighted by Gasteiger charge is 2.38. The second-order valence-corrected chi connectivity index (χ2v) is 10.6. The second kappa shape index (κ2) is 11.1. The third-order valence-corrected chi connectivity index (χ3v) is 7.35. The van der Waals surface area contributed by atoms with E-state index in [1.54, 1.807) is 36.4 Å². The Balaban J connectivity index is 1.62. The number of carbonyl (C=O) groups is 3. The van der Waals surface area contributed by atoms with Crippen molar-refractivity contribution < 1.29 is 14.4 Å². The Hall–Kier alpha value is -2.81. The standard InChI is InChI=1S/C26H31Cl2N5O3/c1-14(2)11-23-25(35)32-21-12-15(24(34)31-20-6-4-3-5-19(20)29)7-10-22(21)33(23)26(36)30-16-8-9-17(27)18(28)13-16/h7-10,12-14,19-20,23H,3-6,11,29H2,1-2H3,(H,30,36)(H,31,34)(H,32,35). The fourth-order valence-corrected chi connectivity index (χ4v) is 5.04. The van der Waals surface area contributed by atoms with Gasteiger partial charge in [0.25, 0.3) is 5.91 Å². The van der Waals surface area contributed by atoms with Crippen LogP contribution in [0.1, 0.15) is 56.3 Å². The number of hydrogen-bond donors (Lipinski definition) is 4. The highest BCUT2D eigenvalue weighted by Crippen LogP contribution is 2.36. The number of nitrogens with zero attached hydrogens (tertiary/aromatic N) is 1. The summed E-state index contributed by atoms with van der Waals surface area (Å²) in [6.07, 6.45) is 4.27. The van der Waals surface area contributed by atoms with E-state index in [0.717, 1.165) is 25.7 Å². The average Bonchev–Trinajstić information content (AvgIpc) is 2.82. The van der Waals surface area contributed by atoms with E-state index in [2.05, 4.69) is 16.0 Å². The van der Waals surface area contributed by atoms with E-state index >= 15 is 0 Å². The number of nitrogens with two attached hydrogens (primary N) is 1. The van der Waals surface area contributed by atoms with Gasteiger partial charge in [-0.2, -0.15) is 0 Å². The second-order valence-electron chi connectivity index (χ2n) is 9.82. The van der Waals surface area contributed by atoms with Crippen molar-refractivity contribution in [1.82, 2.24) is 5.32 Å². The fourth-order valence-electron chi connectivity index (χ4n) is 4.75. The van der Waals surface area contributed by atoms with E-state index in [1.165, 1.54) is 4.90 Å². The molecule has 1 aliphatic heterocycles. The van der Waals surface area contributed by atoms with Crippen LogP contribution >= 0.6 is 23.2 Å². The van der Waals surface area contributed by atoms with Gasteiger partial charge in [0, 0.05) is 23.3 Å². The Morgan fingerprint density at radius 1 is 1.11 bits per heavy atom. The molecular formula is C26H31Cl2N5O3. The van der Waals surface area contributed by atoms with Gasteiger partial charge < -0.3 is 21.7 Å². The van der Waals surface area contributed by atoms with Crippen molar-refractivity contribution in [3.8, 4) is 0 Å². The van der Waals surface area contributed by atoms with Gasteiger partial charge in [-0.3, -0.25) is 14.5 Å². The summed E-state index contributed by atoms with van der Waals surface area (Å²) in [5.41, 5.74) is 7.92. The van der Waals surface area contributed by atoms with Crippen LogP contribution in [-0.2, 0) is 4.79 Å². The lowest BCUT2D eigenvalue weighted by molar-refractivity contribution is -0.117. The van der Waals surface area contributed by atoms with Crippen molar-refractivity contribution in [2.75, 3.05) is 15.5 Å². The first-order valence-corrected chi connectivity index (χ1v) is 13.0. The zero-order valence-corrected chi connectivity index (χ0v) is 21.8. The van der Waals surface area contributed by atoms with Gasteiger partial charge in [-0.1, -0.05) is 49.9 Å². The minimum absolute atomic E-state index is 0.0719. The first-order valence-electron chi connectivity index (χ1n) is 12.2. The molecule has 192 valence electrons. The van der Waals surface area contributed by atoms with E-state index in [1.807, 2.05) is 13.8 Å². The van der Waals surface area contributed by atoms with Crippen LogP contribution in [0.4, 0.5) is 21.9 Å². The molecule has 36 heavy (non-hydrogen) atoms. The minimum Gasteiger partial charge on any atom is -0.348 e. The van der Waals surface area contributed by atoms with Crippen molar-refractivity contribution in [1.29, 1.82) is 0 Å². The van der Waals surface area contributed by atoms with Crippen molar-refractivity contribution in [2.45, 2.75) is 64.1 Å². The van der Waals surface area contributed by atoms with Gasteiger partial charge in [0.05, 0.1) is 21.4 Å². The van der Waals surface area contributed by atoms with Crippen LogP contribution in [0.2, 0.25) is 10.0 Å². The summed E-state index contributed by atoms with van der Waals surface area (Å²) in [6, 6.07) is 8.36. The summed E-state index contributed by atoms with van der Waals surface area (Å²) >= 11 is 12.1. The predicted molar refractivity (Wildman–Crippen MR) is 144 cm³/mol. The maximum atomic E-state index is 13.4. The van der Waals surface area contributed by atoms with Crippen LogP contribution in [0.5, 0.6) is 0 Å². The highest BCUT2D eigenvalue weighted by atomic mass is 35.5. The largest absolute Gasteiger partial charge is 0.348 e. The molecule has 4 amide bonds. The van der Waals surface area contributed by atoms with E-state index in [9.17, 15) is 14.4 Å². The monoisotopic (exact) mass is 531 g/mol. The maximum Gasteiger partial charge on any atom is 0.327 e. The van der Waals surface area contributed by atoms with E-state index in [0.29, 0.717) is 39.1 Å². The number of nitrogens with one attached hydrogen (secondary N) is 3. The molecule has 2 aromatic rings. The van der Waals surface area contributed by atoms with Crippen LogP contribution < -0.4 is 26.6 Å². The van der Waals surface area contributed by atoms with E-state index in [-0.39, 0.29) is 29.8 Å². The molecule has 10 heteroatoms. The average molecular weight is 532 g/mol. The topological polar surface area (TPSA) is 117 Å². The van der Waals surface area contributed by atoms with E-state index in [4.69, 9.17) is 28.9 Å². The molecule has 2 aliphatic rings. The Bertz CT molecular complexity index is 1170. The third-order valence-electron chi connectivity index (χ3n) is 6.61. The number of hydrogen-bond acceptors (Lipinski definition) is 4. The summed E-state index contributed by atoms with van der Waals surface area (Å²) in [4.78, 5) is 41.0. The lowest BCUT2D eigenvalue weighted by Gasteiger charge is -2.37. The molecule has 3 atom stereocenters. The predicted octanol–water partition coefficient (Wildman–Crippen LogP) is 5.40. The molecule has 3 unspecified atom stereocenters. The number of urea groups is 1. The number of anilines is 3. The molecule has 2 aromatic carbocycles. The Kier molecular flexibility index (Phi) is 8.07. The number of amides is 4. The van der Waals surface area contributed by atoms with Crippen molar-refractivity contribution in [2.24, 2.45) is 11.7 Å². The summed E-state index contributed by atoms with van der Waals surface area (Å²) in [7, 11) is 0. The van der Waals surface area contributed by atoms with E-state index < -0.39 is 12.1 Å². The molecule has 0 bridgehead atoms. The number of benzene rings is 2. The highest BCUT2D eigenvalue weighted by molar-refractivity contribution is 6.42. The third kappa shape index (κ3) is 5.77. The number of fused-ring (bicyclic) bond motifs is 1. The van der Waals surface area contributed by atoms with Gasteiger partial charge in [0.1, 0.15) is 6.04 Å². The van der Waals surface area contributed by atoms with Crippen molar-refractivity contribution >= 4 is 58.1 Å². The van der Waals surface area contributed by atoms with Gasteiger partial charge in [-0.05, 0) is 61.6 Å². The van der Waals surface area contributed by atoms with Gasteiger partial charge in [0.2, 0.25) is 5.91 Å². The number of carbonyl (C=O) groups excluding carboxylic acids is 3. The first kappa shape index (κ1) is 26.3. The maximum absolute atomic E-state index is 13.4. The normalized spacial score (nSPS) is 21.6. The summed E-state index contributed by atoms with van der Waals surface area (Å²) in [6.45, 7) is 3.97. The first-order chi connectivity index (χ1) is 17.1. The smallest absolute Gasteiger partial charge is 0.327 e. The molecule has 0 radical (unpaired) electrons. The lowest BCUT2D eigenvalue weighted by Crippen LogP contribution is -2.53. The van der Waals surface area contributed by atoms with Crippen molar-refractivity contribution in [3.63, 3.8) is 0 Å². The zero-order chi connectivity index (χ0) is 26.0. The number of rotatable bonds is 5. The van der Waals surface area contributed by atoms with Crippen molar-refractivity contribution in [3.05, 3.63) is 52.0 Å². The molecule has 4 rings (SSSR count). The minimum atomic E-state index is -0.722. The molecule has 0 aromatic heterocycles. The molecule has 1 heterocycles. The molecule has 0 spiro atoms. The van der Waals surface area contributed by atoms with Gasteiger partial charge >= 0.3 is 6.03 Å². The quantitative estimate of drug-likeness (QED) is 0.413. The SMILES string of the molecule is CC(C)CC1C(=O)Nc2cc(C(=O)NC3CCCCC3N)ccc2N1C(=O)Nc1ccc(Cl)c(Cl)c1. The Morgan fingerprint density at radius 2 is 1.86 bits per heavy atom. The lowest BCUT2D eigenvalue weighted by atomic mass is 9.91. The molecule has 0 saturated heterocycles. The zero-order valence-electron chi connectivity index (χ0n) is 20.3. The number of halogens is 2. The molecule has 8 nitrogen and oxygen atoms in total. The summed E-state index contributed by atoms with van der Waals surface area (Å²) in [5, 5.41) is 9.39. The fraction of sp³-hybridized carbons (Fsp3) is 0.423. The summed E-state index contributed by atoms with van der Waals surface area (Å²) < 4.78 is 0. The summed E-state index contributed by atoms with van der Waals surface area (Å²) in [5.74, 6) is -0.412. The Labute approximate surface area is 220 Å². The van der Waals surface area contributed by atoms with Crippen LogP contribution in [0, 0.1) is 5.92 Å². The van der Waals surface area contributed by atoms with Gasteiger partial charge in [-0.25, -0.2) is 4.79 Å². The Morgan fingerprint density at radius 3 is 2.56 bits per heavy atom. The van der Waals surface area contributed by atoms with Crippen LogP contribution in [0.3, 0.4) is 0 Å². The van der Waals surface area contributed by atoms with Gasteiger partial charge in [-0.15, -0.1) is 0 Å². The van der Waals surface area contributed by atoms with Gasteiger partial charge in [0.15, 0.2) is 0 Å². The van der Waals surface area contributed by atoms with Crippen LogP contribution in [-0.4, -0.2) is 36.0 Å². The molecule has 5 N–H and O–H groups in total.